The number of methoxy groups -OCH3 is 4. The Balaban J connectivity index is 2.26. The van der Waals surface area contributed by atoms with Gasteiger partial charge >= 0.3 is 5.97 Å². The van der Waals surface area contributed by atoms with Crippen molar-refractivity contribution >= 4 is 5.97 Å². The fourth-order valence-electron chi connectivity index (χ4n) is 9.85. The van der Waals surface area contributed by atoms with Crippen LogP contribution in [-0.4, -0.2) is 148 Å². The summed E-state index contributed by atoms with van der Waals surface area (Å²) in [6.07, 6.45) is -0.824. The van der Waals surface area contributed by atoms with Gasteiger partial charge in [-0.2, -0.15) is 0 Å². The number of aliphatic hydroxyl groups excluding tert-OH is 1. The molecule has 0 aromatic rings. The SMILES string of the molecule is CC[C@H]1OC(=O)[C@H](C)[C@@H](O[C@H]2C[C@@](C)(OC)[C@@H](OC)[C@H](C)O2)[C@H](C)[C@@H](O[C@@H]2O[C@H](C)C[C@H](N(C)C)[C@H]2OC)[C@](C)(OC)C[C@@H](C)/C=C(/C)[C@@H](CCO)[C@]1(C)O. The molecule has 0 spiro atoms. The minimum atomic E-state index is -1.47. The molecule has 3 aliphatic heterocycles. The van der Waals surface area contributed by atoms with Gasteiger partial charge in [0.2, 0.25) is 0 Å². The standard InChI is InChI=1S/C42H77NO12/c1-17-32-42(10,46)30(18-19-44)25(3)20-24(2)22-40(8,49-15)36(55-39-35(47-13)31(43(11)12)21-26(4)51-39)27(5)34(28(6)38(45)53-32)54-33-23-41(9,50-16)37(48-14)29(7)52-33/h20,24,26-37,39,44,46H,17-19,21-23H2,1-16H3/b25-20-/t24-,26+,27-,28+,29-,30+,31-,32+,33-,34-,35+,36+,37-,39-,40+,41+,42-/m0/s1. The van der Waals surface area contributed by atoms with E-state index >= 15 is 0 Å². The molecule has 3 aliphatic rings. The Kier molecular flexibility index (Phi) is 17.6. The van der Waals surface area contributed by atoms with Crippen molar-refractivity contribution in [3.05, 3.63) is 11.6 Å². The van der Waals surface area contributed by atoms with Crippen LogP contribution in [0.25, 0.3) is 0 Å². The summed E-state index contributed by atoms with van der Waals surface area (Å²) in [6, 6.07) is 0.0200. The largest absolute Gasteiger partial charge is 0.459 e. The van der Waals surface area contributed by atoms with E-state index in [-0.39, 0.29) is 36.9 Å². The number of hydrogen-bond acceptors (Lipinski definition) is 13. The maximum absolute atomic E-state index is 14.5. The van der Waals surface area contributed by atoms with Crippen molar-refractivity contribution in [3.63, 3.8) is 0 Å². The molecule has 2 N–H and O–H groups in total. The van der Waals surface area contributed by atoms with Gasteiger partial charge in [-0.3, -0.25) is 4.79 Å². The Hall–Kier alpha value is -1.23. The van der Waals surface area contributed by atoms with Crippen LogP contribution < -0.4 is 0 Å². The number of cyclic esters (lactones) is 1. The van der Waals surface area contributed by atoms with Crippen LogP contribution in [-0.2, 0) is 47.4 Å². The van der Waals surface area contributed by atoms with Gasteiger partial charge in [-0.15, -0.1) is 0 Å². The van der Waals surface area contributed by atoms with Crippen LogP contribution in [0.4, 0.5) is 0 Å². The lowest BCUT2D eigenvalue weighted by molar-refractivity contribution is -0.322. The first-order valence-electron chi connectivity index (χ1n) is 20.3. The van der Waals surface area contributed by atoms with Crippen LogP contribution in [0, 0.1) is 23.7 Å². The molecule has 2 fully saturated rings. The molecule has 2 saturated heterocycles. The first kappa shape index (κ1) is 48.1. The molecule has 55 heavy (non-hydrogen) atoms. The van der Waals surface area contributed by atoms with Crippen molar-refractivity contribution in [2.24, 2.45) is 23.7 Å². The Labute approximate surface area is 332 Å². The number of aliphatic hydroxyl groups is 2. The van der Waals surface area contributed by atoms with Crippen molar-refractivity contribution in [3.8, 4) is 0 Å². The topological polar surface area (TPSA) is 144 Å². The van der Waals surface area contributed by atoms with Crippen LogP contribution in [0.3, 0.4) is 0 Å². The molecule has 322 valence electrons. The molecular formula is C42H77NO12. The monoisotopic (exact) mass is 788 g/mol. The predicted octanol–water partition coefficient (Wildman–Crippen LogP) is 5.13. The zero-order valence-corrected chi connectivity index (χ0v) is 36.8. The summed E-state index contributed by atoms with van der Waals surface area (Å²) in [7, 11) is 10.7. The molecule has 0 bridgehead atoms. The molecule has 0 aromatic heterocycles. The number of allylic oxidation sites excluding steroid dienone is 1. The summed E-state index contributed by atoms with van der Waals surface area (Å²) < 4.78 is 57.9. The summed E-state index contributed by atoms with van der Waals surface area (Å²) in [5.74, 6) is -2.44. The van der Waals surface area contributed by atoms with E-state index in [0.717, 1.165) is 12.0 Å². The van der Waals surface area contributed by atoms with Crippen molar-refractivity contribution in [1.82, 2.24) is 4.90 Å². The number of rotatable bonds is 12. The van der Waals surface area contributed by atoms with Gasteiger partial charge in [0.1, 0.15) is 23.9 Å². The highest BCUT2D eigenvalue weighted by Gasteiger charge is 2.53. The normalized spacial score (nSPS) is 46.5. The molecule has 3 rings (SSSR count). The van der Waals surface area contributed by atoms with E-state index in [1.807, 2.05) is 62.6 Å². The lowest BCUT2D eigenvalue weighted by Crippen LogP contribution is -2.61. The van der Waals surface area contributed by atoms with Crippen molar-refractivity contribution in [2.45, 2.75) is 179 Å². The molecule has 3 heterocycles. The second-order valence-corrected chi connectivity index (χ2v) is 17.5. The maximum Gasteiger partial charge on any atom is 0.311 e. The molecule has 0 unspecified atom stereocenters. The number of hydrogen-bond donors (Lipinski definition) is 2. The number of likely N-dealkylation sites (N-methyl/N-ethyl adjacent to an activating group) is 1. The van der Waals surface area contributed by atoms with Gasteiger partial charge in [0.25, 0.3) is 0 Å². The van der Waals surface area contributed by atoms with Gasteiger partial charge in [-0.1, -0.05) is 32.4 Å². The first-order chi connectivity index (χ1) is 25.7. The molecule has 0 amide bonds. The minimum Gasteiger partial charge on any atom is -0.459 e. The number of carbonyl (C=O) groups excluding carboxylic acids is 1. The van der Waals surface area contributed by atoms with E-state index < -0.39 is 77.5 Å². The van der Waals surface area contributed by atoms with Crippen LogP contribution in [0.1, 0.15) is 101 Å². The highest BCUT2D eigenvalue weighted by atomic mass is 16.7. The van der Waals surface area contributed by atoms with Gasteiger partial charge in [-0.25, -0.2) is 0 Å². The summed E-state index contributed by atoms with van der Waals surface area (Å²) in [5, 5.41) is 22.3. The smallest absolute Gasteiger partial charge is 0.311 e. The lowest BCUT2D eigenvalue weighted by Gasteiger charge is -2.50. The Morgan fingerprint density at radius 3 is 2.04 bits per heavy atom. The quantitative estimate of drug-likeness (QED) is 0.200. The van der Waals surface area contributed by atoms with E-state index in [1.165, 1.54) is 0 Å². The Bertz CT molecular complexity index is 1230. The molecule has 17 atom stereocenters. The van der Waals surface area contributed by atoms with Crippen LogP contribution >= 0.6 is 0 Å². The molecule has 13 nitrogen and oxygen atoms in total. The number of ether oxygens (including phenoxy) is 9. The molecule has 0 saturated carbocycles. The average molecular weight is 788 g/mol. The number of esters is 1. The fourth-order valence-corrected chi connectivity index (χ4v) is 9.85. The van der Waals surface area contributed by atoms with Gasteiger partial charge in [-0.05, 0) is 94.2 Å². The highest BCUT2D eigenvalue weighted by Crippen LogP contribution is 2.43. The molecule has 0 aliphatic carbocycles. The van der Waals surface area contributed by atoms with Gasteiger partial charge in [0.05, 0.1) is 41.5 Å². The van der Waals surface area contributed by atoms with Crippen LogP contribution in [0.15, 0.2) is 11.6 Å². The fraction of sp³-hybridized carbons (Fsp3) is 0.929. The average Bonchev–Trinajstić information content (AvgIpc) is 3.12. The minimum absolute atomic E-state index is 0.0200. The Morgan fingerprint density at radius 2 is 1.51 bits per heavy atom. The van der Waals surface area contributed by atoms with Crippen molar-refractivity contribution in [1.29, 1.82) is 0 Å². The summed E-state index contributed by atoms with van der Waals surface area (Å²) in [5.41, 5.74) is -2.27. The Morgan fingerprint density at radius 1 is 0.891 bits per heavy atom. The highest BCUT2D eigenvalue weighted by molar-refractivity contribution is 5.73. The molecule has 0 radical (unpaired) electrons. The van der Waals surface area contributed by atoms with E-state index in [4.69, 9.17) is 42.6 Å². The molecule has 13 heteroatoms. The van der Waals surface area contributed by atoms with Gasteiger partial charge in [0.15, 0.2) is 12.6 Å². The second-order valence-electron chi connectivity index (χ2n) is 17.5. The molecular weight excluding hydrogens is 710 g/mol. The second kappa shape index (κ2) is 20.2. The van der Waals surface area contributed by atoms with Crippen molar-refractivity contribution in [2.75, 3.05) is 49.1 Å². The third kappa shape index (κ3) is 10.9. The summed E-state index contributed by atoms with van der Waals surface area (Å²) >= 11 is 0. The van der Waals surface area contributed by atoms with E-state index in [1.54, 1.807) is 42.3 Å². The number of carbonyl (C=O) groups is 1. The first-order valence-corrected chi connectivity index (χ1v) is 20.3. The van der Waals surface area contributed by atoms with E-state index in [0.29, 0.717) is 25.7 Å². The maximum atomic E-state index is 14.5. The van der Waals surface area contributed by atoms with Gasteiger partial charge in [0, 0.05) is 59.3 Å². The number of nitrogens with zero attached hydrogens (tertiary/aromatic N) is 1. The zero-order valence-electron chi connectivity index (χ0n) is 36.8. The summed E-state index contributed by atoms with van der Waals surface area (Å²) in [4.78, 5) is 16.6. The van der Waals surface area contributed by atoms with Crippen LogP contribution in [0.2, 0.25) is 0 Å². The zero-order chi connectivity index (χ0) is 41.6. The lowest BCUT2D eigenvalue weighted by atomic mass is 9.74. The third-order valence-corrected chi connectivity index (χ3v) is 13.0. The summed E-state index contributed by atoms with van der Waals surface area (Å²) in [6.45, 7) is 19.3. The molecule has 0 aromatic carbocycles. The third-order valence-electron chi connectivity index (χ3n) is 13.0. The van der Waals surface area contributed by atoms with Crippen LogP contribution in [0.5, 0.6) is 0 Å². The van der Waals surface area contributed by atoms with Gasteiger partial charge < -0.3 is 57.7 Å². The van der Waals surface area contributed by atoms with E-state index in [2.05, 4.69) is 17.9 Å². The van der Waals surface area contributed by atoms with Crippen molar-refractivity contribution < 1.29 is 57.6 Å². The van der Waals surface area contributed by atoms with E-state index in [9.17, 15) is 15.0 Å². The predicted molar refractivity (Wildman–Crippen MR) is 209 cm³/mol.